The van der Waals surface area contributed by atoms with Crippen LogP contribution in [0.2, 0.25) is 0 Å². The number of rotatable bonds is 5. The zero-order chi connectivity index (χ0) is 14.6. The smallest absolute Gasteiger partial charge is 0.235 e. The van der Waals surface area contributed by atoms with E-state index in [1.54, 1.807) is 18.2 Å². The quantitative estimate of drug-likeness (QED) is 0.908. The summed E-state index contributed by atoms with van der Waals surface area (Å²) in [5, 5.41) is 9.52. The Labute approximate surface area is 121 Å². The van der Waals surface area contributed by atoms with Gasteiger partial charge in [-0.25, -0.2) is 8.42 Å². The van der Waals surface area contributed by atoms with Crippen LogP contribution in [0.4, 0.5) is 5.69 Å². The van der Waals surface area contributed by atoms with Crippen LogP contribution in [0.25, 0.3) is 0 Å². The largest absolute Gasteiger partial charge is 0.508 e. The van der Waals surface area contributed by atoms with Gasteiger partial charge in [0, 0.05) is 12.6 Å². The van der Waals surface area contributed by atoms with Crippen molar-refractivity contribution in [2.45, 2.75) is 39.0 Å². The molecule has 0 heterocycles. The zero-order valence-electron chi connectivity index (χ0n) is 12.0. The van der Waals surface area contributed by atoms with E-state index in [2.05, 4.69) is 0 Å². The first-order chi connectivity index (χ1) is 9.53. The maximum atomic E-state index is 12.6. The van der Waals surface area contributed by atoms with Crippen molar-refractivity contribution in [2.24, 2.45) is 5.92 Å². The van der Waals surface area contributed by atoms with Crippen LogP contribution >= 0.6 is 0 Å². The molecule has 1 N–H and O–H groups in total. The van der Waals surface area contributed by atoms with Crippen molar-refractivity contribution >= 4 is 15.7 Å². The first kappa shape index (κ1) is 15.2. The SMILES string of the molecule is CCN(c1cccc(O)c1)S(=O)(=O)CC1CCCCC1. The van der Waals surface area contributed by atoms with Gasteiger partial charge in [0.25, 0.3) is 0 Å². The molecule has 0 spiro atoms. The molecule has 0 aliphatic heterocycles. The van der Waals surface area contributed by atoms with Gasteiger partial charge in [0.05, 0.1) is 11.4 Å². The fourth-order valence-corrected chi connectivity index (χ4v) is 4.87. The predicted molar refractivity (Wildman–Crippen MR) is 81.5 cm³/mol. The molecule has 0 atom stereocenters. The third-order valence-corrected chi connectivity index (χ3v) is 5.95. The summed E-state index contributed by atoms with van der Waals surface area (Å²) in [7, 11) is -3.32. The van der Waals surface area contributed by atoms with Gasteiger partial charge >= 0.3 is 0 Å². The molecule has 0 unspecified atom stereocenters. The molecule has 1 aliphatic rings. The summed E-state index contributed by atoms with van der Waals surface area (Å²) in [6.45, 7) is 2.21. The van der Waals surface area contributed by atoms with Crippen molar-refractivity contribution in [1.82, 2.24) is 0 Å². The van der Waals surface area contributed by atoms with Crippen molar-refractivity contribution in [3.63, 3.8) is 0 Å². The number of hydrogen-bond acceptors (Lipinski definition) is 3. The van der Waals surface area contributed by atoms with E-state index in [9.17, 15) is 13.5 Å². The number of benzene rings is 1. The molecule has 1 fully saturated rings. The maximum Gasteiger partial charge on any atom is 0.235 e. The van der Waals surface area contributed by atoms with Gasteiger partial charge in [-0.1, -0.05) is 25.3 Å². The van der Waals surface area contributed by atoms with E-state index in [-0.39, 0.29) is 17.4 Å². The van der Waals surface area contributed by atoms with Crippen molar-refractivity contribution in [3.8, 4) is 5.75 Å². The first-order valence-corrected chi connectivity index (χ1v) is 8.93. The molecule has 0 amide bonds. The van der Waals surface area contributed by atoms with Gasteiger partial charge in [0.15, 0.2) is 0 Å². The van der Waals surface area contributed by atoms with E-state index in [1.165, 1.54) is 16.8 Å². The minimum atomic E-state index is -3.32. The van der Waals surface area contributed by atoms with Crippen molar-refractivity contribution in [2.75, 3.05) is 16.6 Å². The monoisotopic (exact) mass is 297 g/mol. The Bertz CT molecular complexity index is 536. The normalized spacial score (nSPS) is 17.1. The fraction of sp³-hybridized carbons (Fsp3) is 0.600. The molecule has 0 bridgehead atoms. The van der Waals surface area contributed by atoms with E-state index in [0.29, 0.717) is 12.2 Å². The Balaban J connectivity index is 2.16. The lowest BCUT2D eigenvalue weighted by Gasteiger charge is -2.27. The zero-order valence-corrected chi connectivity index (χ0v) is 12.8. The van der Waals surface area contributed by atoms with Crippen molar-refractivity contribution < 1.29 is 13.5 Å². The van der Waals surface area contributed by atoms with Gasteiger partial charge in [-0.3, -0.25) is 4.31 Å². The van der Waals surface area contributed by atoms with Gasteiger partial charge in [0.1, 0.15) is 5.75 Å². The summed E-state index contributed by atoms with van der Waals surface area (Å²) in [4.78, 5) is 0. The van der Waals surface area contributed by atoms with Gasteiger partial charge in [-0.2, -0.15) is 0 Å². The molecule has 5 heteroatoms. The Morgan fingerprint density at radius 2 is 1.95 bits per heavy atom. The van der Waals surface area contributed by atoms with Crippen LogP contribution in [0.1, 0.15) is 39.0 Å². The number of hydrogen-bond donors (Lipinski definition) is 1. The number of phenolic OH excluding ortho intramolecular Hbond substituents is 1. The van der Waals surface area contributed by atoms with Crippen LogP contribution < -0.4 is 4.31 Å². The number of sulfonamides is 1. The Kier molecular flexibility index (Phi) is 4.91. The van der Waals surface area contributed by atoms with Crippen LogP contribution in [-0.4, -0.2) is 25.8 Å². The number of phenols is 1. The molecule has 20 heavy (non-hydrogen) atoms. The van der Waals surface area contributed by atoms with Crippen molar-refractivity contribution in [1.29, 1.82) is 0 Å². The van der Waals surface area contributed by atoms with Gasteiger partial charge in [0.2, 0.25) is 10.0 Å². The highest BCUT2D eigenvalue weighted by molar-refractivity contribution is 7.92. The lowest BCUT2D eigenvalue weighted by atomic mass is 9.91. The van der Waals surface area contributed by atoms with E-state index in [4.69, 9.17) is 0 Å². The number of anilines is 1. The van der Waals surface area contributed by atoms with Crippen LogP contribution in [-0.2, 0) is 10.0 Å². The molecule has 1 saturated carbocycles. The second-order valence-electron chi connectivity index (χ2n) is 5.47. The summed E-state index contributed by atoms with van der Waals surface area (Å²) in [5.41, 5.74) is 0.545. The average Bonchev–Trinajstić information content (AvgIpc) is 2.39. The van der Waals surface area contributed by atoms with E-state index >= 15 is 0 Å². The Morgan fingerprint density at radius 3 is 2.55 bits per heavy atom. The van der Waals surface area contributed by atoms with Crippen LogP contribution in [0.3, 0.4) is 0 Å². The number of aromatic hydroxyl groups is 1. The second kappa shape index (κ2) is 6.48. The lowest BCUT2D eigenvalue weighted by molar-refractivity contribution is 0.384. The number of nitrogens with zero attached hydrogens (tertiary/aromatic N) is 1. The highest BCUT2D eigenvalue weighted by Crippen LogP contribution is 2.28. The molecular formula is C15H23NO3S. The molecule has 4 nitrogen and oxygen atoms in total. The topological polar surface area (TPSA) is 57.6 Å². The minimum absolute atomic E-state index is 0.0915. The maximum absolute atomic E-state index is 12.6. The van der Waals surface area contributed by atoms with E-state index in [0.717, 1.165) is 25.7 Å². The molecule has 112 valence electrons. The predicted octanol–water partition coefficient (Wildman–Crippen LogP) is 3.13. The van der Waals surface area contributed by atoms with Crippen LogP contribution in [0.5, 0.6) is 5.75 Å². The van der Waals surface area contributed by atoms with Gasteiger partial charge in [-0.05, 0) is 37.8 Å². The minimum Gasteiger partial charge on any atom is -0.508 e. The summed E-state index contributed by atoms with van der Waals surface area (Å²) >= 11 is 0. The molecule has 1 aromatic rings. The molecule has 1 aliphatic carbocycles. The fourth-order valence-electron chi connectivity index (χ4n) is 2.93. The van der Waals surface area contributed by atoms with Gasteiger partial charge < -0.3 is 5.11 Å². The highest BCUT2D eigenvalue weighted by Gasteiger charge is 2.26. The average molecular weight is 297 g/mol. The van der Waals surface area contributed by atoms with Crippen molar-refractivity contribution in [3.05, 3.63) is 24.3 Å². The summed E-state index contributed by atoms with van der Waals surface area (Å²) < 4.78 is 26.6. The lowest BCUT2D eigenvalue weighted by Crippen LogP contribution is -2.35. The van der Waals surface area contributed by atoms with Gasteiger partial charge in [-0.15, -0.1) is 0 Å². The summed E-state index contributed by atoms with van der Waals surface area (Å²) in [6, 6.07) is 6.44. The molecule has 0 saturated heterocycles. The molecule has 0 radical (unpaired) electrons. The Hall–Kier alpha value is -1.23. The third-order valence-electron chi connectivity index (χ3n) is 3.91. The molecule has 0 aromatic heterocycles. The highest BCUT2D eigenvalue weighted by atomic mass is 32.2. The van der Waals surface area contributed by atoms with Crippen LogP contribution in [0, 0.1) is 5.92 Å². The molecular weight excluding hydrogens is 274 g/mol. The van der Waals surface area contributed by atoms with Crippen LogP contribution in [0.15, 0.2) is 24.3 Å². The molecule has 1 aromatic carbocycles. The summed E-state index contributed by atoms with van der Waals surface area (Å²) in [6.07, 6.45) is 5.52. The summed E-state index contributed by atoms with van der Waals surface area (Å²) in [5.74, 6) is 0.588. The second-order valence-corrected chi connectivity index (χ2v) is 7.41. The first-order valence-electron chi connectivity index (χ1n) is 7.32. The third kappa shape index (κ3) is 3.66. The Morgan fingerprint density at radius 1 is 1.25 bits per heavy atom. The van der Waals surface area contributed by atoms with E-state index < -0.39 is 10.0 Å². The molecule has 2 rings (SSSR count). The van der Waals surface area contributed by atoms with E-state index in [1.807, 2.05) is 6.92 Å². The standard InChI is InChI=1S/C15H23NO3S/c1-2-16(14-9-6-10-15(17)11-14)20(18,19)12-13-7-4-3-5-8-13/h6,9-11,13,17H,2-5,7-8,12H2,1H3.